The highest BCUT2D eigenvalue weighted by atomic mass is 16.5. The summed E-state index contributed by atoms with van der Waals surface area (Å²) in [5, 5.41) is 4.32. The Morgan fingerprint density at radius 3 is 2.15 bits per heavy atom. The third kappa shape index (κ3) is 5.28. The summed E-state index contributed by atoms with van der Waals surface area (Å²) in [5.41, 5.74) is 9.27. The van der Waals surface area contributed by atoms with Crippen molar-refractivity contribution < 1.29 is 14.1 Å². The maximum Gasteiger partial charge on any atom is 0.316 e. The molecule has 4 aromatic carbocycles. The summed E-state index contributed by atoms with van der Waals surface area (Å²) in [5.74, 6) is 0.696. The van der Waals surface area contributed by atoms with Gasteiger partial charge in [0.05, 0.1) is 17.7 Å². The Morgan fingerprint density at radius 1 is 0.854 bits per heavy atom. The number of esters is 1. The second-order valence-electron chi connectivity index (χ2n) is 10.8. The van der Waals surface area contributed by atoms with Crippen LogP contribution in [0.3, 0.4) is 0 Å². The van der Waals surface area contributed by atoms with E-state index in [2.05, 4.69) is 114 Å². The highest BCUT2D eigenvalue weighted by Crippen LogP contribution is 2.49. The van der Waals surface area contributed by atoms with Crippen molar-refractivity contribution in [3.8, 4) is 22.5 Å². The predicted molar refractivity (Wildman–Crippen MR) is 163 cm³/mol. The molecule has 0 atom stereocenters. The van der Waals surface area contributed by atoms with E-state index in [0.717, 1.165) is 69.9 Å². The molecule has 5 nitrogen and oxygen atoms in total. The van der Waals surface area contributed by atoms with E-state index in [1.807, 2.05) is 19.9 Å². The topological polar surface area (TPSA) is 55.6 Å². The molecule has 0 amide bonds. The molecule has 1 fully saturated rings. The largest absolute Gasteiger partial charge is 0.465 e. The van der Waals surface area contributed by atoms with E-state index in [1.165, 1.54) is 5.56 Å². The van der Waals surface area contributed by atoms with E-state index in [1.54, 1.807) is 0 Å². The number of nitrogens with zero attached hydrogens (tertiary/aromatic N) is 2. The molecule has 1 aliphatic carbocycles. The lowest BCUT2D eigenvalue weighted by Gasteiger charge is -2.20. The van der Waals surface area contributed by atoms with Crippen LogP contribution in [0, 0.1) is 6.92 Å². The lowest BCUT2D eigenvalue weighted by atomic mass is 9.93. The molecule has 1 aliphatic rings. The van der Waals surface area contributed by atoms with E-state index in [-0.39, 0.29) is 5.97 Å². The maximum atomic E-state index is 12.5. The summed E-state index contributed by atoms with van der Waals surface area (Å²) in [7, 11) is 2.09. The number of hydrogen-bond donors (Lipinski definition) is 0. The van der Waals surface area contributed by atoms with E-state index >= 15 is 0 Å². The van der Waals surface area contributed by atoms with Gasteiger partial charge >= 0.3 is 5.97 Å². The monoisotopic (exact) mass is 542 g/mol. The zero-order valence-corrected chi connectivity index (χ0v) is 23.8. The van der Waals surface area contributed by atoms with Crippen LogP contribution < -0.4 is 4.90 Å². The maximum absolute atomic E-state index is 12.5. The number of para-hydroxylation sites is 1. The number of anilines is 2. The summed E-state index contributed by atoms with van der Waals surface area (Å²) in [6.45, 7) is 4.27. The minimum Gasteiger partial charge on any atom is -0.465 e. The smallest absolute Gasteiger partial charge is 0.316 e. The molecule has 1 heterocycles. The molecular weight excluding hydrogens is 508 g/mol. The Kier molecular flexibility index (Phi) is 7.19. The average Bonchev–Trinajstić information content (AvgIpc) is 3.76. The zero-order chi connectivity index (χ0) is 28.4. The molecule has 5 aromatic rings. The minimum absolute atomic E-state index is 0.106. The van der Waals surface area contributed by atoms with Gasteiger partial charge in [0.25, 0.3) is 0 Å². The highest BCUT2D eigenvalue weighted by Gasteiger charge is 2.52. The van der Waals surface area contributed by atoms with Crippen LogP contribution in [-0.4, -0.2) is 24.8 Å². The van der Waals surface area contributed by atoms with Gasteiger partial charge in [-0.1, -0.05) is 84.0 Å². The van der Waals surface area contributed by atoms with E-state index in [4.69, 9.17) is 9.26 Å². The van der Waals surface area contributed by atoms with Crippen LogP contribution >= 0.6 is 0 Å². The summed E-state index contributed by atoms with van der Waals surface area (Å²) in [4.78, 5) is 14.7. The van der Waals surface area contributed by atoms with Gasteiger partial charge in [-0.05, 0) is 73.2 Å². The van der Waals surface area contributed by atoms with Crippen LogP contribution in [0.1, 0.15) is 42.1 Å². The van der Waals surface area contributed by atoms with Gasteiger partial charge in [-0.25, -0.2) is 0 Å². The van der Waals surface area contributed by atoms with Gasteiger partial charge in [0.2, 0.25) is 0 Å². The van der Waals surface area contributed by atoms with Crippen LogP contribution in [0.25, 0.3) is 22.5 Å². The Morgan fingerprint density at radius 2 is 1.49 bits per heavy atom. The third-order valence-corrected chi connectivity index (χ3v) is 8.14. The molecule has 0 bridgehead atoms. The Balaban J connectivity index is 1.20. The van der Waals surface area contributed by atoms with Crippen molar-refractivity contribution in [2.45, 2.75) is 38.5 Å². The molecule has 1 saturated carbocycles. The number of carbonyl (C=O) groups is 1. The van der Waals surface area contributed by atoms with E-state index < -0.39 is 5.41 Å². The minimum atomic E-state index is -0.449. The van der Waals surface area contributed by atoms with E-state index in [0.29, 0.717) is 6.61 Å². The number of hydrogen-bond acceptors (Lipinski definition) is 5. The van der Waals surface area contributed by atoms with Gasteiger partial charge in [0.15, 0.2) is 5.76 Å². The van der Waals surface area contributed by atoms with Crippen molar-refractivity contribution in [2.75, 3.05) is 18.6 Å². The molecule has 206 valence electrons. The Hall–Kier alpha value is -4.64. The zero-order valence-electron chi connectivity index (χ0n) is 23.8. The first-order valence-corrected chi connectivity index (χ1v) is 14.2. The summed E-state index contributed by atoms with van der Waals surface area (Å²) in [6, 6.07) is 35.7. The van der Waals surface area contributed by atoms with Gasteiger partial charge in [-0.15, -0.1) is 0 Å². The van der Waals surface area contributed by atoms with Crippen molar-refractivity contribution in [1.29, 1.82) is 0 Å². The quantitative estimate of drug-likeness (QED) is 0.176. The van der Waals surface area contributed by atoms with Gasteiger partial charge < -0.3 is 14.2 Å². The van der Waals surface area contributed by atoms with Crippen molar-refractivity contribution in [1.82, 2.24) is 5.16 Å². The number of rotatable bonds is 9. The normalized spacial score (nSPS) is 13.5. The van der Waals surface area contributed by atoms with Gasteiger partial charge in [0, 0.05) is 36.0 Å². The molecule has 6 rings (SSSR count). The molecule has 5 heteroatoms. The second-order valence-corrected chi connectivity index (χ2v) is 10.8. The fourth-order valence-electron chi connectivity index (χ4n) is 5.50. The van der Waals surface area contributed by atoms with Crippen LogP contribution in [0.15, 0.2) is 108 Å². The van der Waals surface area contributed by atoms with Crippen LogP contribution in [0.2, 0.25) is 0 Å². The summed E-state index contributed by atoms with van der Waals surface area (Å²) >= 11 is 0. The first-order valence-electron chi connectivity index (χ1n) is 14.2. The predicted octanol–water partition coefficient (Wildman–Crippen LogP) is 8.27. The molecule has 0 saturated heterocycles. The standard InChI is InChI=1S/C36H34N2O3/c1-4-40-35(39)36(21-22-36)30-19-17-28(18-20-30)27-13-15-29(16-14-27)34-33(25(2)37-41-34)24-26-9-8-12-32(23-26)38(3)31-10-6-5-7-11-31/h5-20,23H,4,21-22,24H2,1-3H3. The van der Waals surface area contributed by atoms with E-state index in [9.17, 15) is 4.79 Å². The molecule has 41 heavy (non-hydrogen) atoms. The van der Waals surface area contributed by atoms with Crippen LogP contribution in [0.5, 0.6) is 0 Å². The first-order chi connectivity index (χ1) is 20.0. The number of benzene rings is 4. The molecule has 0 unspecified atom stereocenters. The van der Waals surface area contributed by atoms with Gasteiger partial charge in [-0.2, -0.15) is 0 Å². The third-order valence-electron chi connectivity index (χ3n) is 8.14. The molecule has 0 radical (unpaired) electrons. The summed E-state index contributed by atoms with van der Waals surface area (Å²) in [6.07, 6.45) is 2.44. The lowest BCUT2D eigenvalue weighted by molar-refractivity contribution is -0.146. The van der Waals surface area contributed by atoms with Crippen molar-refractivity contribution in [3.05, 3.63) is 126 Å². The molecular formula is C36H34N2O3. The molecule has 1 aromatic heterocycles. The number of aromatic nitrogens is 1. The Bertz CT molecular complexity index is 1650. The number of ether oxygens (including phenoxy) is 1. The highest BCUT2D eigenvalue weighted by molar-refractivity contribution is 5.87. The van der Waals surface area contributed by atoms with Crippen molar-refractivity contribution in [3.63, 3.8) is 0 Å². The van der Waals surface area contributed by atoms with Crippen molar-refractivity contribution in [2.24, 2.45) is 0 Å². The second kappa shape index (κ2) is 11.1. The van der Waals surface area contributed by atoms with Crippen LogP contribution in [-0.2, 0) is 21.4 Å². The number of carbonyl (C=O) groups excluding carboxylic acids is 1. The number of aryl methyl sites for hydroxylation is 1. The fourth-order valence-corrected chi connectivity index (χ4v) is 5.50. The van der Waals surface area contributed by atoms with Crippen molar-refractivity contribution >= 4 is 17.3 Å². The summed E-state index contributed by atoms with van der Waals surface area (Å²) < 4.78 is 11.2. The molecule has 0 spiro atoms. The molecule has 0 aliphatic heterocycles. The fraction of sp³-hybridized carbons (Fsp3) is 0.222. The van der Waals surface area contributed by atoms with Gasteiger partial charge in [-0.3, -0.25) is 4.79 Å². The lowest BCUT2D eigenvalue weighted by Crippen LogP contribution is -2.23. The van der Waals surface area contributed by atoms with Crippen LogP contribution in [0.4, 0.5) is 11.4 Å². The average molecular weight is 543 g/mol. The van der Waals surface area contributed by atoms with Gasteiger partial charge in [0.1, 0.15) is 0 Å². The first kappa shape index (κ1) is 26.6. The SMILES string of the molecule is CCOC(=O)C1(c2ccc(-c3ccc(-c4onc(C)c4Cc4cccc(N(C)c5ccccc5)c4)cc3)cc2)CC1. The Labute approximate surface area is 241 Å². The molecule has 0 N–H and O–H groups in total.